The third kappa shape index (κ3) is 5.76. The molecule has 8 heteroatoms. The maximum atomic E-state index is 13.5. The van der Waals surface area contributed by atoms with Gasteiger partial charge in [-0.25, -0.2) is 12.4 Å². The van der Waals surface area contributed by atoms with Gasteiger partial charge in [-0.1, -0.05) is 121 Å². The second kappa shape index (κ2) is 13.6. The van der Waals surface area contributed by atoms with Crippen molar-refractivity contribution in [3.63, 3.8) is 0 Å². The number of fused-ring (bicyclic) bond motifs is 6. The van der Waals surface area contributed by atoms with Gasteiger partial charge in [0.15, 0.2) is 5.76 Å². The average molecular weight is 662 g/mol. The van der Waals surface area contributed by atoms with E-state index in [0.717, 1.165) is 34.1 Å². The summed E-state index contributed by atoms with van der Waals surface area (Å²) in [6.45, 7) is 0. The average Bonchev–Trinajstić information content (AvgIpc) is 3.86. The van der Waals surface area contributed by atoms with E-state index in [1.807, 2.05) is 79.1 Å². The summed E-state index contributed by atoms with van der Waals surface area (Å²) in [5, 5.41) is 1.63. The minimum Gasteiger partial charge on any atom is -0.870 e. The number of hydrogen-bond donors (Lipinski definition) is 0. The molecule has 6 nitrogen and oxygen atoms in total. The third-order valence-electron chi connectivity index (χ3n) is 8.30. The van der Waals surface area contributed by atoms with Crippen LogP contribution in [0.5, 0.6) is 0 Å². The van der Waals surface area contributed by atoms with Gasteiger partial charge in [0.25, 0.3) is 10.0 Å². The Morgan fingerprint density at radius 3 is 1.81 bits per heavy atom. The van der Waals surface area contributed by atoms with Crippen molar-refractivity contribution < 1.29 is 74.1 Å². The largest absolute Gasteiger partial charge is 1.00 e. The van der Waals surface area contributed by atoms with Crippen LogP contribution in [0.2, 0.25) is 0 Å². The van der Waals surface area contributed by atoms with Gasteiger partial charge in [0, 0.05) is 39.4 Å². The van der Waals surface area contributed by atoms with Gasteiger partial charge in [0.05, 0.1) is 16.7 Å². The molecule has 3 heterocycles. The molecule has 0 fully saturated rings. The molecule has 8 aromatic rings. The predicted molar refractivity (Wildman–Crippen MR) is 180 cm³/mol. The Kier molecular flexibility index (Phi) is 9.54. The molecule has 9 rings (SSSR count). The minimum absolute atomic E-state index is 0. The predicted octanol–water partition coefficient (Wildman–Crippen LogP) is 6.64. The Balaban J connectivity index is 0.000000169. The fourth-order valence-electron chi connectivity index (χ4n) is 6.23. The molecule has 1 aliphatic carbocycles. The summed E-state index contributed by atoms with van der Waals surface area (Å²) in [6.07, 6.45) is 4.51. The zero-order valence-electron chi connectivity index (χ0n) is 25.6. The Morgan fingerprint density at radius 1 is 0.553 bits per heavy atom. The molecule has 0 atom stereocenters. The van der Waals surface area contributed by atoms with E-state index in [0.29, 0.717) is 16.8 Å². The van der Waals surface area contributed by atoms with Crippen molar-refractivity contribution in [3.8, 4) is 33.8 Å². The number of para-hydroxylation sites is 1. The molecule has 5 aromatic carbocycles. The van der Waals surface area contributed by atoms with Crippen molar-refractivity contribution in [2.45, 2.75) is 11.3 Å². The maximum Gasteiger partial charge on any atom is 1.00 e. The first-order valence-electron chi connectivity index (χ1n) is 14.7. The molecule has 0 spiro atoms. The zero-order chi connectivity index (χ0) is 30.4. The monoisotopic (exact) mass is 661 g/mol. The van der Waals surface area contributed by atoms with Gasteiger partial charge >= 0.3 is 51.4 Å². The van der Waals surface area contributed by atoms with E-state index in [1.54, 1.807) is 36.6 Å². The summed E-state index contributed by atoms with van der Waals surface area (Å²) in [4.78, 5) is 0.243. The quantitative estimate of drug-likeness (QED) is 0.197. The summed E-state index contributed by atoms with van der Waals surface area (Å²) in [5.74, 6) is 1.56. The SMILES string of the molecule is O=S(=O)(c1ccccc1)n1c2ccccc2c2coc(-c3ccccc3)c21.[K+].[OH-].c1ccc(-c2occ3c2Cc2ccccc2-3)cc1. The van der Waals surface area contributed by atoms with Crippen LogP contribution in [-0.4, -0.2) is 17.9 Å². The number of hydrogen-bond acceptors (Lipinski definition) is 5. The molecule has 1 N–H and O–H groups in total. The van der Waals surface area contributed by atoms with E-state index in [1.165, 1.54) is 26.2 Å². The van der Waals surface area contributed by atoms with Crippen molar-refractivity contribution in [2.75, 3.05) is 0 Å². The molecule has 0 aliphatic heterocycles. The van der Waals surface area contributed by atoms with E-state index in [2.05, 4.69) is 36.4 Å². The van der Waals surface area contributed by atoms with Gasteiger partial charge < -0.3 is 14.3 Å². The Hall–Kier alpha value is -3.99. The number of aromatic nitrogens is 1. The van der Waals surface area contributed by atoms with E-state index in [4.69, 9.17) is 8.83 Å². The molecule has 0 saturated heterocycles. The summed E-state index contributed by atoms with van der Waals surface area (Å²) in [7, 11) is -3.79. The van der Waals surface area contributed by atoms with E-state index >= 15 is 0 Å². The third-order valence-corrected chi connectivity index (χ3v) is 10.0. The van der Waals surface area contributed by atoms with Crippen LogP contribution in [0.3, 0.4) is 0 Å². The van der Waals surface area contributed by atoms with Crippen LogP contribution in [0.4, 0.5) is 0 Å². The minimum atomic E-state index is -3.79. The standard InChI is InChI=1S/C22H15NO3S.C17H12O.K.H2O/c24-27(25,17-11-5-2-6-12-17)23-20-14-8-7-13-18(20)19-15-26-22(21(19)23)16-9-3-1-4-10-16;1-2-6-12(7-3-1)17-15-10-13-8-4-5-9-14(13)16(15)11-18-17;;/h1-15H;1-9,11H,10H2;;1H2/q;;+1;/p-1. The normalized spacial score (nSPS) is 11.6. The molecule has 0 amide bonds. The van der Waals surface area contributed by atoms with Crippen LogP contribution in [0.1, 0.15) is 11.1 Å². The fraction of sp³-hybridized carbons (Fsp3) is 0.0256. The molecule has 47 heavy (non-hydrogen) atoms. The smallest absolute Gasteiger partial charge is 0.870 e. The first-order chi connectivity index (χ1) is 22.1. The number of rotatable bonds is 4. The van der Waals surface area contributed by atoms with Crippen molar-refractivity contribution >= 4 is 31.8 Å². The van der Waals surface area contributed by atoms with Crippen LogP contribution in [0.25, 0.3) is 55.6 Å². The molecular formula is C39H28KNO5S. The van der Waals surface area contributed by atoms with Crippen LogP contribution in [0, 0.1) is 0 Å². The van der Waals surface area contributed by atoms with Crippen molar-refractivity contribution in [2.24, 2.45) is 0 Å². The molecule has 1 aliphatic rings. The molecule has 226 valence electrons. The molecule has 0 unspecified atom stereocenters. The Morgan fingerprint density at radius 2 is 1.11 bits per heavy atom. The van der Waals surface area contributed by atoms with Crippen molar-refractivity contribution in [1.82, 2.24) is 3.97 Å². The molecule has 0 saturated carbocycles. The van der Waals surface area contributed by atoms with Crippen LogP contribution in [0.15, 0.2) is 166 Å². The number of benzene rings is 5. The van der Waals surface area contributed by atoms with E-state index in [9.17, 15) is 8.42 Å². The summed E-state index contributed by atoms with van der Waals surface area (Å²) in [6, 6.07) is 44.4. The molecular weight excluding hydrogens is 634 g/mol. The molecule has 0 bridgehead atoms. The van der Waals surface area contributed by atoms with Gasteiger partial charge in [0.1, 0.15) is 17.5 Å². The van der Waals surface area contributed by atoms with Gasteiger partial charge in [-0.15, -0.1) is 0 Å². The summed E-state index contributed by atoms with van der Waals surface area (Å²) in [5.41, 5.74) is 8.48. The second-order valence-electron chi connectivity index (χ2n) is 10.9. The summed E-state index contributed by atoms with van der Waals surface area (Å²) >= 11 is 0. The van der Waals surface area contributed by atoms with Crippen LogP contribution >= 0.6 is 0 Å². The zero-order valence-corrected chi connectivity index (χ0v) is 29.5. The van der Waals surface area contributed by atoms with E-state index in [-0.39, 0.29) is 61.8 Å². The second-order valence-corrected chi connectivity index (χ2v) is 12.7. The van der Waals surface area contributed by atoms with E-state index < -0.39 is 10.0 Å². The summed E-state index contributed by atoms with van der Waals surface area (Å²) < 4.78 is 40.1. The molecule has 3 aromatic heterocycles. The van der Waals surface area contributed by atoms with Gasteiger partial charge in [-0.3, -0.25) is 0 Å². The van der Waals surface area contributed by atoms with Gasteiger partial charge in [0.2, 0.25) is 0 Å². The number of nitrogens with zero attached hydrogens (tertiary/aromatic N) is 1. The first-order valence-corrected chi connectivity index (χ1v) is 16.2. The van der Waals surface area contributed by atoms with Crippen molar-refractivity contribution in [3.05, 3.63) is 163 Å². The fourth-order valence-corrected chi connectivity index (χ4v) is 7.78. The topological polar surface area (TPSA) is 95.4 Å². The van der Waals surface area contributed by atoms with Gasteiger partial charge in [-0.2, -0.15) is 0 Å². The molecule has 0 radical (unpaired) electrons. The van der Waals surface area contributed by atoms with Crippen molar-refractivity contribution in [1.29, 1.82) is 0 Å². The van der Waals surface area contributed by atoms with Crippen LogP contribution in [-0.2, 0) is 16.4 Å². The first kappa shape index (κ1) is 32.9. The van der Waals surface area contributed by atoms with Crippen LogP contribution < -0.4 is 51.4 Å². The number of furan rings is 2. The Labute approximate surface area is 315 Å². The maximum absolute atomic E-state index is 13.5. The Bertz CT molecular complexity index is 2410. The van der Waals surface area contributed by atoms with Gasteiger partial charge in [-0.05, 0) is 29.3 Å².